The Labute approximate surface area is 160 Å². The average Bonchev–Trinajstić information content (AvgIpc) is 2.75. The average molecular weight is 363 g/mol. The van der Waals surface area contributed by atoms with Crippen LogP contribution >= 0.6 is 0 Å². The maximum atomic E-state index is 12.7. The van der Waals surface area contributed by atoms with Crippen LogP contribution in [0.4, 0.5) is 0 Å². The lowest BCUT2D eigenvalue weighted by atomic mass is 10.0. The smallest absolute Gasteiger partial charge is 0.254 e. The third kappa shape index (κ3) is 4.29. The molecular formula is C22H25N3O2. The Morgan fingerprint density at radius 1 is 1.15 bits per heavy atom. The third-order valence-corrected chi connectivity index (χ3v) is 5.11. The summed E-state index contributed by atoms with van der Waals surface area (Å²) in [5, 5.41) is 9.68. The Morgan fingerprint density at radius 2 is 1.85 bits per heavy atom. The number of methoxy groups -OCH3 is 1. The van der Waals surface area contributed by atoms with Crippen molar-refractivity contribution in [2.24, 2.45) is 0 Å². The van der Waals surface area contributed by atoms with E-state index in [1.807, 2.05) is 35.2 Å². The molecule has 0 N–H and O–H groups in total. The highest BCUT2D eigenvalue weighted by Crippen LogP contribution is 2.23. The predicted octanol–water partition coefficient (Wildman–Crippen LogP) is 3.28. The Bertz CT molecular complexity index is 818. The molecule has 5 heteroatoms. The summed E-state index contributed by atoms with van der Waals surface area (Å²) in [6, 6.07) is 17.6. The van der Waals surface area contributed by atoms with Gasteiger partial charge >= 0.3 is 0 Å². The molecule has 1 atom stereocenters. The van der Waals surface area contributed by atoms with E-state index in [2.05, 4.69) is 30.0 Å². The highest BCUT2D eigenvalue weighted by Gasteiger charge is 2.27. The minimum atomic E-state index is -0.273. The molecule has 0 saturated carbocycles. The number of piperazine rings is 1. The van der Waals surface area contributed by atoms with E-state index in [9.17, 15) is 10.1 Å². The van der Waals surface area contributed by atoms with E-state index in [0.717, 1.165) is 12.0 Å². The van der Waals surface area contributed by atoms with Gasteiger partial charge in [-0.2, -0.15) is 5.26 Å². The minimum Gasteiger partial charge on any atom is -0.497 e. The van der Waals surface area contributed by atoms with E-state index in [-0.39, 0.29) is 11.9 Å². The number of benzene rings is 2. The maximum Gasteiger partial charge on any atom is 0.254 e. The predicted molar refractivity (Wildman–Crippen MR) is 105 cm³/mol. The van der Waals surface area contributed by atoms with Crippen LogP contribution in [0, 0.1) is 11.3 Å². The van der Waals surface area contributed by atoms with Crippen molar-refractivity contribution < 1.29 is 9.53 Å². The molecule has 0 bridgehead atoms. The van der Waals surface area contributed by atoms with E-state index >= 15 is 0 Å². The van der Waals surface area contributed by atoms with Gasteiger partial charge in [0.15, 0.2) is 0 Å². The molecule has 1 aliphatic heterocycles. The standard InChI is InChI=1S/C22H25N3O2/c1-3-17-7-9-18(10-8-17)21(16-23)24-11-13-25(14-12-24)22(26)19-5-4-6-20(15-19)27-2/h4-10,15,21H,3,11-14H2,1-2H3. The van der Waals surface area contributed by atoms with Crippen molar-refractivity contribution in [3.63, 3.8) is 0 Å². The second-order valence-electron chi connectivity index (χ2n) is 6.69. The molecule has 1 saturated heterocycles. The van der Waals surface area contributed by atoms with Gasteiger partial charge < -0.3 is 9.64 Å². The first kappa shape index (κ1) is 18.9. The first-order chi connectivity index (χ1) is 13.2. The topological polar surface area (TPSA) is 56.6 Å². The van der Waals surface area contributed by atoms with E-state index in [1.54, 1.807) is 13.2 Å². The summed E-state index contributed by atoms with van der Waals surface area (Å²) in [7, 11) is 1.59. The van der Waals surface area contributed by atoms with Gasteiger partial charge in [0.25, 0.3) is 5.91 Å². The fourth-order valence-corrected chi connectivity index (χ4v) is 3.42. The van der Waals surface area contributed by atoms with Crippen LogP contribution in [0.1, 0.15) is 34.5 Å². The van der Waals surface area contributed by atoms with Gasteiger partial charge in [0.1, 0.15) is 11.8 Å². The highest BCUT2D eigenvalue weighted by atomic mass is 16.5. The number of nitriles is 1. The normalized spacial score (nSPS) is 15.8. The van der Waals surface area contributed by atoms with Crippen LogP contribution in [-0.4, -0.2) is 49.0 Å². The van der Waals surface area contributed by atoms with Crippen molar-refractivity contribution in [1.82, 2.24) is 9.80 Å². The zero-order valence-corrected chi connectivity index (χ0v) is 15.9. The molecule has 140 valence electrons. The summed E-state index contributed by atoms with van der Waals surface area (Å²) < 4.78 is 5.21. The van der Waals surface area contributed by atoms with E-state index in [1.165, 1.54) is 5.56 Å². The Kier molecular flexibility index (Phi) is 6.10. The number of hydrogen-bond donors (Lipinski definition) is 0. The maximum absolute atomic E-state index is 12.7. The van der Waals surface area contributed by atoms with Crippen LogP contribution in [0.3, 0.4) is 0 Å². The molecule has 5 nitrogen and oxygen atoms in total. The lowest BCUT2D eigenvalue weighted by molar-refractivity contribution is 0.0606. The van der Waals surface area contributed by atoms with Crippen molar-refractivity contribution in [3.8, 4) is 11.8 Å². The number of carbonyl (C=O) groups is 1. The number of hydrogen-bond acceptors (Lipinski definition) is 4. The van der Waals surface area contributed by atoms with Crippen LogP contribution in [0.15, 0.2) is 48.5 Å². The Balaban J connectivity index is 1.64. The molecule has 3 rings (SSSR count). The number of amides is 1. The van der Waals surface area contributed by atoms with E-state index < -0.39 is 0 Å². The number of aryl methyl sites for hydroxylation is 1. The largest absolute Gasteiger partial charge is 0.497 e. The van der Waals surface area contributed by atoms with Crippen LogP contribution in [0.25, 0.3) is 0 Å². The number of nitrogens with zero attached hydrogens (tertiary/aromatic N) is 3. The Morgan fingerprint density at radius 3 is 2.44 bits per heavy atom. The fourth-order valence-electron chi connectivity index (χ4n) is 3.42. The van der Waals surface area contributed by atoms with Crippen molar-refractivity contribution in [2.75, 3.05) is 33.3 Å². The van der Waals surface area contributed by atoms with Gasteiger partial charge in [-0.05, 0) is 35.7 Å². The summed E-state index contributed by atoms with van der Waals surface area (Å²) in [6.45, 7) is 4.71. The van der Waals surface area contributed by atoms with Gasteiger partial charge in [0, 0.05) is 31.7 Å². The van der Waals surface area contributed by atoms with Crippen LogP contribution < -0.4 is 4.74 Å². The van der Waals surface area contributed by atoms with Gasteiger partial charge in [-0.15, -0.1) is 0 Å². The monoisotopic (exact) mass is 363 g/mol. The number of carbonyl (C=O) groups excluding carboxylic acids is 1. The summed E-state index contributed by atoms with van der Waals surface area (Å²) in [4.78, 5) is 16.7. The van der Waals surface area contributed by atoms with Crippen molar-refractivity contribution >= 4 is 5.91 Å². The van der Waals surface area contributed by atoms with Crippen LogP contribution in [0.2, 0.25) is 0 Å². The van der Waals surface area contributed by atoms with Crippen molar-refractivity contribution in [1.29, 1.82) is 5.26 Å². The lowest BCUT2D eigenvalue weighted by Crippen LogP contribution is -2.49. The molecule has 2 aromatic carbocycles. The van der Waals surface area contributed by atoms with Gasteiger partial charge in [-0.3, -0.25) is 9.69 Å². The summed E-state index contributed by atoms with van der Waals surface area (Å²) in [6.07, 6.45) is 0.989. The molecule has 1 unspecified atom stereocenters. The molecule has 0 spiro atoms. The molecule has 1 aliphatic rings. The van der Waals surface area contributed by atoms with Gasteiger partial charge in [-0.1, -0.05) is 37.3 Å². The van der Waals surface area contributed by atoms with Crippen molar-refractivity contribution in [3.05, 3.63) is 65.2 Å². The second kappa shape index (κ2) is 8.70. The van der Waals surface area contributed by atoms with Crippen LogP contribution in [0.5, 0.6) is 5.75 Å². The summed E-state index contributed by atoms with van der Waals surface area (Å²) in [5.41, 5.74) is 2.92. The van der Waals surface area contributed by atoms with Gasteiger partial charge in [0.05, 0.1) is 13.2 Å². The van der Waals surface area contributed by atoms with Gasteiger partial charge in [-0.25, -0.2) is 0 Å². The minimum absolute atomic E-state index is 0.00866. The molecule has 1 heterocycles. The summed E-state index contributed by atoms with van der Waals surface area (Å²) >= 11 is 0. The number of rotatable bonds is 5. The first-order valence-corrected chi connectivity index (χ1v) is 9.32. The second-order valence-corrected chi connectivity index (χ2v) is 6.69. The molecule has 1 amide bonds. The zero-order valence-electron chi connectivity index (χ0n) is 15.9. The zero-order chi connectivity index (χ0) is 19.2. The van der Waals surface area contributed by atoms with Crippen LogP contribution in [-0.2, 0) is 6.42 Å². The fraction of sp³-hybridized carbons (Fsp3) is 0.364. The third-order valence-electron chi connectivity index (χ3n) is 5.11. The molecule has 0 aromatic heterocycles. The molecular weight excluding hydrogens is 338 g/mol. The quantitative estimate of drug-likeness (QED) is 0.818. The molecule has 0 aliphatic carbocycles. The highest BCUT2D eigenvalue weighted by molar-refractivity contribution is 5.94. The SMILES string of the molecule is CCc1ccc(C(C#N)N2CCN(C(=O)c3cccc(OC)c3)CC2)cc1. The van der Waals surface area contributed by atoms with Crippen molar-refractivity contribution in [2.45, 2.75) is 19.4 Å². The Hall–Kier alpha value is -2.84. The number of ether oxygens (including phenoxy) is 1. The van der Waals surface area contributed by atoms with E-state index in [0.29, 0.717) is 37.5 Å². The molecule has 27 heavy (non-hydrogen) atoms. The molecule has 0 radical (unpaired) electrons. The van der Waals surface area contributed by atoms with Gasteiger partial charge in [0.2, 0.25) is 0 Å². The lowest BCUT2D eigenvalue weighted by Gasteiger charge is -2.37. The first-order valence-electron chi connectivity index (χ1n) is 9.32. The summed E-state index contributed by atoms with van der Waals surface area (Å²) in [5.74, 6) is 0.689. The molecule has 2 aromatic rings. The van der Waals surface area contributed by atoms with E-state index in [4.69, 9.17) is 4.74 Å². The molecule has 1 fully saturated rings.